The number of carboxylic acid groups (broad SMARTS) is 1. The molecule has 3 N–H and O–H groups in total. The zero-order chi connectivity index (χ0) is 16.1. The van der Waals surface area contributed by atoms with E-state index in [1.54, 1.807) is 0 Å². The van der Waals surface area contributed by atoms with Gasteiger partial charge in [-0.1, -0.05) is 0 Å². The number of hydrogen-bond acceptors (Lipinski definition) is 3. The fraction of sp³-hybridized carbons (Fsp3) is 0.833. The highest BCUT2D eigenvalue weighted by Gasteiger charge is 2.45. The molecule has 0 aliphatic rings. The normalized spacial score (nSPS) is 12.4. The molecule has 0 unspecified atom stereocenters. The van der Waals surface area contributed by atoms with Crippen molar-refractivity contribution < 1.29 is 28.6 Å². The Hall–Kier alpha value is -1.44. The number of aliphatic hydroxyl groups is 1. The highest BCUT2D eigenvalue weighted by Crippen LogP contribution is 2.30. The summed E-state index contributed by atoms with van der Waals surface area (Å²) in [6.45, 7) is 4.33. The van der Waals surface area contributed by atoms with Crippen molar-refractivity contribution in [1.82, 2.24) is 10.2 Å². The summed E-state index contributed by atoms with van der Waals surface area (Å²) in [5.74, 6) is -1.12. The molecule has 0 aliphatic heterocycles. The van der Waals surface area contributed by atoms with Gasteiger partial charge in [0.05, 0.1) is 24.1 Å². The minimum Gasteiger partial charge on any atom is -0.481 e. The number of aliphatic carboxylic acids is 1. The Morgan fingerprint density at radius 3 is 2.10 bits per heavy atom. The lowest BCUT2D eigenvalue weighted by atomic mass is 9.74. The van der Waals surface area contributed by atoms with Crippen molar-refractivity contribution in [3.8, 4) is 0 Å². The summed E-state index contributed by atoms with van der Waals surface area (Å²) in [6.07, 6.45) is -2.73. The Bertz CT molecular complexity index is 359. The largest absolute Gasteiger partial charge is 0.481 e. The number of nitrogens with one attached hydrogen (secondary N) is 1. The van der Waals surface area contributed by atoms with Gasteiger partial charge in [0, 0.05) is 6.54 Å². The summed E-state index contributed by atoms with van der Waals surface area (Å²) < 4.78 is 24.7. The number of alkyl halides is 2. The van der Waals surface area contributed by atoms with Crippen LogP contribution in [0.15, 0.2) is 0 Å². The van der Waals surface area contributed by atoms with E-state index < -0.39 is 42.5 Å². The van der Waals surface area contributed by atoms with Gasteiger partial charge >= 0.3 is 12.0 Å². The highest BCUT2D eigenvalue weighted by molar-refractivity contribution is 5.79. The van der Waals surface area contributed by atoms with Crippen molar-refractivity contribution in [2.75, 3.05) is 19.7 Å². The molecule has 0 atom stereocenters. The number of aliphatic hydroxyl groups excluding tert-OH is 1. The molecule has 0 rings (SSSR count). The van der Waals surface area contributed by atoms with E-state index in [-0.39, 0.29) is 6.54 Å². The molecule has 0 bridgehead atoms. The second-order valence-electron chi connectivity index (χ2n) is 5.55. The van der Waals surface area contributed by atoms with Gasteiger partial charge in [-0.05, 0) is 27.7 Å². The minimum absolute atomic E-state index is 0.250. The molecule has 118 valence electrons. The van der Waals surface area contributed by atoms with Crippen molar-refractivity contribution in [2.45, 2.75) is 39.7 Å². The first kappa shape index (κ1) is 18.6. The third kappa shape index (κ3) is 4.59. The Labute approximate surface area is 116 Å². The van der Waals surface area contributed by atoms with Crippen LogP contribution in [0.4, 0.5) is 13.6 Å². The number of halogens is 2. The number of carbonyl (C=O) groups excluding carboxylic acids is 1. The Morgan fingerprint density at radius 1 is 1.25 bits per heavy atom. The first-order valence-electron chi connectivity index (χ1n) is 6.15. The maximum atomic E-state index is 12.4. The molecule has 20 heavy (non-hydrogen) atoms. The van der Waals surface area contributed by atoms with Crippen LogP contribution in [0, 0.1) is 5.41 Å². The van der Waals surface area contributed by atoms with E-state index in [0.717, 1.165) is 4.90 Å². The molecule has 0 radical (unpaired) electrons. The molecule has 6 nitrogen and oxygen atoms in total. The second-order valence-corrected chi connectivity index (χ2v) is 5.55. The lowest BCUT2D eigenvalue weighted by Gasteiger charge is -2.40. The zero-order valence-corrected chi connectivity index (χ0v) is 12.1. The molecular weight excluding hydrogens is 274 g/mol. The van der Waals surface area contributed by atoms with E-state index in [1.807, 2.05) is 0 Å². The number of carboxylic acids is 1. The zero-order valence-electron chi connectivity index (χ0n) is 12.1. The molecule has 0 aliphatic carbocycles. The molecule has 8 heteroatoms. The van der Waals surface area contributed by atoms with Gasteiger partial charge in [-0.3, -0.25) is 4.79 Å². The predicted molar refractivity (Wildman–Crippen MR) is 68.7 cm³/mol. The van der Waals surface area contributed by atoms with Gasteiger partial charge < -0.3 is 20.4 Å². The smallest absolute Gasteiger partial charge is 0.318 e. The third-order valence-electron chi connectivity index (χ3n) is 3.53. The second kappa shape index (κ2) is 6.83. The van der Waals surface area contributed by atoms with Crippen molar-refractivity contribution in [2.24, 2.45) is 5.41 Å². The van der Waals surface area contributed by atoms with Crippen LogP contribution in [-0.4, -0.2) is 58.8 Å². The fourth-order valence-electron chi connectivity index (χ4n) is 1.33. The summed E-state index contributed by atoms with van der Waals surface area (Å²) in [4.78, 5) is 23.9. The molecule has 0 heterocycles. The van der Waals surface area contributed by atoms with E-state index in [2.05, 4.69) is 5.32 Å². The van der Waals surface area contributed by atoms with Crippen molar-refractivity contribution in [3.05, 3.63) is 0 Å². The molecular formula is C12H22F2N2O4. The van der Waals surface area contributed by atoms with E-state index in [9.17, 15) is 18.4 Å². The summed E-state index contributed by atoms with van der Waals surface area (Å²) in [5.41, 5.74) is -2.45. The molecule has 0 aromatic heterocycles. The molecule has 2 amide bonds. The summed E-state index contributed by atoms with van der Waals surface area (Å²) >= 11 is 0. The van der Waals surface area contributed by atoms with E-state index in [4.69, 9.17) is 10.2 Å². The van der Waals surface area contributed by atoms with Gasteiger partial charge in [0.1, 0.15) is 0 Å². The molecule has 0 fully saturated rings. The standard InChI is InChI=1S/C12H22F2N2O4/c1-11(2,9(18)19)12(3,4)15-10(20)16(5-6-17)7-8(13)14/h8,17H,5-7H2,1-4H3,(H,15,20)(H,18,19). The highest BCUT2D eigenvalue weighted by atomic mass is 19.3. The van der Waals surface area contributed by atoms with Crippen LogP contribution in [0.3, 0.4) is 0 Å². The number of urea groups is 1. The third-order valence-corrected chi connectivity index (χ3v) is 3.53. The first-order chi connectivity index (χ1) is 8.95. The maximum Gasteiger partial charge on any atom is 0.318 e. The molecule has 0 spiro atoms. The Morgan fingerprint density at radius 2 is 1.75 bits per heavy atom. The number of rotatable bonds is 7. The van der Waals surface area contributed by atoms with Gasteiger partial charge in [0.25, 0.3) is 6.43 Å². The van der Waals surface area contributed by atoms with Crippen molar-refractivity contribution in [1.29, 1.82) is 0 Å². The Balaban J connectivity index is 4.98. The fourth-order valence-corrected chi connectivity index (χ4v) is 1.33. The Kier molecular flexibility index (Phi) is 6.33. The van der Waals surface area contributed by atoms with Gasteiger partial charge in [0.15, 0.2) is 0 Å². The van der Waals surface area contributed by atoms with E-state index in [0.29, 0.717) is 0 Å². The van der Waals surface area contributed by atoms with Gasteiger partial charge in [-0.15, -0.1) is 0 Å². The number of nitrogens with zero attached hydrogens (tertiary/aromatic N) is 1. The van der Waals surface area contributed by atoms with Gasteiger partial charge in [-0.2, -0.15) is 0 Å². The lowest BCUT2D eigenvalue weighted by molar-refractivity contribution is -0.150. The summed E-state index contributed by atoms with van der Waals surface area (Å²) in [7, 11) is 0. The van der Waals surface area contributed by atoms with E-state index >= 15 is 0 Å². The number of carbonyl (C=O) groups is 2. The van der Waals surface area contributed by atoms with Crippen LogP contribution >= 0.6 is 0 Å². The SMILES string of the molecule is CC(C)(NC(=O)N(CCO)CC(F)F)C(C)(C)C(=O)O. The van der Waals surface area contributed by atoms with Crippen LogP contribution < -0.4 is 5.32 Å². The minimum atomic E-state index is -2.73. The van der Waals surface area contributed by atoms with E-state index in [1.165, 1.54) is 27.7 Å². The first-order valence-corrected chi connectivity index (χ1v) is 6.15. The average Bonchev–Trinajstić information content (AvgIpc) is 2.26. The average molecular weight is 296 g/mol. The topological polar surface area (TPSA) is 89.9 Å². The summed E-state index contributed by atoms with van der Waals surface area (Å²) in [6, 6.07) is -0.835. The van der Waals surface area contributed by atoms with Gasteiger partial charge in [-0.25, -0.2) is 13.6 Å². The van der Waals surface area contributed by atoms with Crippen LogP contribution in [0.2, 0.25) is 0 Å². The van der Waals surface area contributed by atoms with Crippen LogP contribution in [0.1, 0.15) is 27.7 Å². The number of amides is 2. The monoisotopic (exact) mass is 296 g/mol. The van der Waals surface area contributed by atoms with Crippen LogP contribution in [-0.2, 0) is 4.79 Å². The molecule has 0 aromatic carbocycles. The quantitative estimate of drug-likeness (QED) is 0.657. The predicted octanol–water partition coefficient (Wildman–Crippen LogP) is 1.14. The summed E-state index contributed by atoms with van der Waals surface area (Å²) in [5, 5.41) is 20.4. The van der Waals surface area contributed by atoms with Gasteiger partial charge in [0.2, 0.25) is 0 Å². The van der Waals surface area contributed by atoms with Crippen molar-refractivity contribution >= 4 is 12.0 Å². The molecule has 0 aromatic rings. The maximum absolute atomic E-state index is 12.4. The van der Waals surface area contributed by atoms with Crippen molar-refractivity contribution in [3.63, 3.8) is 0 Å². The lowest BCUT2D eigenvalue weighted by Crippen LogP contribution is -2.60. The molecule has 0 saturated heterocycles. The molecule has 0 saturated carbocycles. The number of hydrogen-bond donors (Lipinski definition) is 3. The van der Waals surface area contributed by atoms with Crippen LogP contribution in [0.5, 0.6) is 0 Å². The van der Waals surface area contributed by atoms with Crippen LogP contribution in [0.25, 0.3) is 0 Å².